The van der Waals surface area contributed by atoms with Gasteiger partial charge in [0.15, 0.2) is 0 Å². The lowest BCUT2D eigenvalue weighted by Crippen LogP contribution is -2.47. The first-order valence-corrected chi connectivity index (χ1v) is 9.00. The van der Waals surface area contributed by atoms with Crippen LogP contribution in [0.3, 0.4) is 0 Å². The van der Waals surface area contributed by atoms with Crippen molar-refractivity contribution in [3.8, 4) is 0 Å². The van der Waals surface area contributed by atoms with Gasteiger partial charge in [-0.15, -0.1) is 0 Å². The number of piperidine rings is 1. The SMILES string of the molecule is C[C@@H]1C[C@H](Cc2cn([C@H]3CC[C@H](C)CC3)cn2)C(=O)N(C(=O)O)C1. The van der Waals surface area contributed by atoms with Gasteiger partial charge in [-0.3, -0.25) is 4.79 Å². The smallest absolute Gasteiger partial charge is 0.414 e. The summed E-state index contributed by atoms with van der Waals surface area (Å²) in [5.74, 6) is 0.458. The van der Waals surface area contributed by atoms with Gasteiger partial charge in [0.25, 0.3) is 0 Å². The molecular formula is C18H27N3O3. The van der Waals surface area contributed by atoms with Crippen molar-refractivity contribution in [1.82, 2.24) is 14.5 Å². The van der Waals surface area contributed by atoms with E-state index in [2.05, 4.69) is 22.7 Å². The van der Waals surface area contributed by atoms with Crippen molar-refractivity contribution in [2.75, 3.05) is 6.54 Å². The predicted octanol–water partition coefficient (Wildman–Crippen LogP) is 3.34. The molecule has 2 amide bonds. The minimum absolute atomic E-state index is 0.200. The molecule has 24 heavy (non-hydrogen) atoms. The lowest BCUT2D eigenvalue weighted by atomic mass is 9.86. The molecule has 1 aromatic rings. The Morgan fingerprint density at radius 2 is 1.96 bits per heavy atom. The van der Waals surface area contributed by atoms with E-state index < -0.39 is 6.09 Å². The molecule has 1 saturated carbocycles. The van der Waals surface area contributed by atoms with Crippen LogP contribution >= 0.6 is 0 Å². The normalized spacial score (nSPS) is 31.2. The average Bonchev–Trinajstić information content (AvgIpc) is 2.99. The van der Waals surface area contributed by atoms with Crippen molar-refractivity contribution in [3.63, 3.8) is 0 Å². The van der Waals surface area contributed by atoms with Crippen molar-refractivity contribution in [2.45, 2.75) is 58.4 Å². The summed E-state index contributed by atoms with van der Waals surface area (Å²) in [7, 11) is 0. The Morgan fingerprint density at radius 1 is 1.25 bits per heavy atom. The van der Waals surface area contributed by atoms with Gasteiger partial charge < -0.3 is 9.67 Å². The first-order chi connectivity index (χ1) is 11.4. The summed E-state index contributed by atoms with van der Waals surface area (Å²) in [4.78, 5) is 29.1. The minimum Gasteiger partial charge on any atom is -0.465 e. The Labute approximate surface area is 142 Å². The van der Waals surface area contributed by atoms with E-state index in [0.717, 1.165) is 22.9 Å². The number of imidazole rings is 1. The topological polar surface area (TPSA) is 75.4 Å². The second-order valence-electron chi connectivity index (χ2n) is 7.70. The summed E-state index contributed by atoms with van der Waals surface area (Å²) in [6, 6.07) is 0.513. The van der Waals surface area contributed by atoms with Gasteiger partial charge in [-0.25, -0.2) is 14.7 Å². The summed E-state index contributed by atoms with van der Waals surface area (Å²) < 4.78 is 2.19. The fourth-order valence-electron chi connectivity index (χ4n) is 4.10. The molecule has 3 rings (SSSR count). The maximum absolute atomic E-state index is 12.4. The number of rotatable bonds is 3. The lowest BCUT2D eigenvalue weighted by Gasteiger charge is -2.32. The highest BCUT2D eigenvalue weighted by Gasteiger charge is 2.36. The first-order valence-electron chi connectivity index (χ1n) is 9.00. The monoisotopic (exact) mass is 333 g/mol. The number of carbonyl (C=O) groups excluding carboxylic acids is 1. The van der Waals surface area contributed by atoms with Crippen LogP contribution in [-0.2, 0) is 11.2 Å². The fourth-order valence-corrected chi connectivity index (χ4v) is 4.10. The quantitative estimate of drug-likeness (QED) is 0.920. The Bertz CT molecular complexity index is 604. The maximum atomic E-state index is 12.4. The molecule has 0 unspecified atom stereocenters. The third kappa shape index (κ3) is 3.62. The van der Waals surface area contributed by atoms with Crippen molar-refractivity contribution < 1.29 is 14.7 Å². The molecule has 132 valence electrons. The Balaban J connectivity index is 1.65. The molecule has 1 aliphatic heterocycles. The van der Waals surface area contributed by atoms with E-state index in [1.165, 1.54) is 25.7 Å². The summed E-state index contributed by atoms with van der Waals surface area (Å²) >= 11 is 0. The zero-order valence-electron chi connectivity index (χ0n) is 14.5. The number of hydrogen-bond acceptors (Lipinski definition) is 3. The van der Waals surface area contributed by atoms with Crippen molar-refractivity contribution in [3.05, 3.63) is 18.2 Å². The highest BCUT2D eigenvalue weighted by Crippen LogP contribution is 2.32. The third-order valence-electron chi connectivity index (χ3n) is 5.54. The van der Waals surface area contributed by atoms with E-state index in [0.29, 0.717) is 19.0 Å². The van der Waals surface area contributed by atoms with Crippen molar-refractivity contribution >= 4 is 12.0 Å². The van der Waals surface area contributed by atoms with E-state index in [9.17, 15) is 14.7 Å². The van der Waals surface area contributed by atoms with E-state index in [1.54, 1.807) is 0 Å². The lowest BCUT2D eigenvalue weighted by molar-refractivity contribution is -0.137. The molecule has 1 N–H and O–H groups in total. The van der Waals surface area contributed by atoms with Crippen LogP contribution in [0.2, 0.25) is 0 Å². The van der Waals surface area contributed by atoms with Gasteiger partial charge in [0.2, 0.25) is 5.91 Å². The molecule has 0 spiro atoms. The van der Waals surface area contributed by atoms with Gasteiger partial charge in [0.05, 0.1) is 12.0 Å². The van der Waals surface area contributed by atoms with Gasteiger partial charge in [0.1, 0.15) is 0 Å². The molecule has 0 radical (unpaired) electrons. The van der Waals surface area contributed by atoms with Gasteiger partial charge in [-0.05, 0) is 43.9 Å². The van der Waals surface area contributed by atoms with Crippen LogP contribution in [0.1, 0.15) is 57.7 Å². The first kappa shape index (κ1) is 17.0. The maximum Gasteiger partial charge on any atom is 0.414 e. The van der Waals surface area contributed by atoms with Gasteiger partial charge in [-0.2, -0.15) is 0 Å². The van der Waals surface area contributed by atoms with Crippen LogP contribution in [0.15, 0.2) is 12.5 Å². The largest absolute Gasteiger partial charge is 0.465 e. The van der Waals surface area contributed by atoms with Crippen LogP contribution in [0.25, 0.3) is 0 Å². The minimum atomic E-state index is -1.14. The Hall–Kier alpha value is -1.85. The summed E-state index contributed by atoms with van der Waals surface area (Å²) in [5.41, 5.74) is 0.895. The highest BCUT2D eigenvalue weighted by atomic mass is 16.4. The van der Waals surface area contributed by atoms with Crippen LogP contribution in [0.5, 0.6) is 0 Å². The van der Waals surface area contributed by atoms with Crippen molar-refractivity contribution in [2.24, 2.45) is 17.8 Å². The molecule has 2 atom stereocenters. The molecule has 2 fully saturated rings. The van der Waals surface area contributed by atoms with Crippen LogP contribution in [0, 0.1) is 17.8 Å². The second-order valence-corrected chi connectivity index (χ2v) is 7.70. The summed E-state index contributed by atoms with van der Waals surface area (Å²) in [6.07, 6.45) is 8.93. The Kier molecular flexibility index (Phi) is 4.92. The molecule has 2 aliphatic rings. The van der Waals surface area contributed by atoms with Gasteiger partial charge in [0, 0.05) is 31.1 Å². The zero-order valence-corrected chi connectivity index (χ0v) is 14.5. The predicted molar refractivity (Wildman–Crippen MR) is 89.6 cm³/mol. The molecule has 1 aliphatic carbocycles. The Morgan fingerprint density at radius 3 is 2.62 bits per heavy atom. The number of likely N-dealkylation sites (tertiary alicyclic amines) is 1. The highest BCUT2D eigenvalue weighted by molar-refractivity contribution is 5.93. The van der Waals surface area contributed by atoms with Gasteiger partial charge >= 0.3 is 6.09 Å². The molecule has 0 bridgehead atoms. The van der Waals surface area contributed by atoms with Crippen molar-refractivity contribution in [1.29, 1.82) is 0 Å². The zero-order chi connectivity index (χ0) is 17.3. The molecule has 0 aromatic carbocycles. The van der Waals surface area contributed by atoms with E-state index in [-0.39, 0.29) is 17.7 Å². The number of hydrogen-bond donors (Lipinski definition) is 1. The average molecular weight is 333 g/mol. The number of nitrogens with zero attached hydrogens (tertiary/aromatic N) is 3. The fraction of sp³-hybridized carbons (Fsp3) is 0.722. The van der Waals surface area contributed by atoms with Crippen LogP contribution in [0.4, 0.5) is 4.79 Å². The molecular weight excluding hydrogens is 306 g/mol. The standard InChI is InChI=1S/C18H27N3O3/c1-12-3-5-16(6-4-12)20-10-15(19-11-20)8-14-7-13(2)9-21(17(14)22)18(23)24/h10-14,16H,3-9H2,1-2H3,(H,23,24)/t12-,13-,14-,16-/m1/s1. The molecule has 6 heteroatoms. The number of amides is 2. The molecule has 1 saturated heterocycles. The molecule has 6 nitrogen and oxygen atoms in total. The summed E-state index contributed by atoms with van der Waals surface area (Å²) in [5, 5.41) is 9.19. The molecule has 1 aromatic heterocycles. The number of imide groups is 1. The number of carboxylic acid groups (broad SMARTS) is 1. The van der Waals surface area contributed by atoms with Gasteiger partial charge in [-0.1, -0.05) is 13.8 Å². The van der Waals surface area contributed by atoms with E-state index in [1.807, 2.05) is 13.3 Å². The van der Waals surface area contributed by atoms with Crippen LogP contribution in [-0.4, -0.2) is 38.1 Å². The van der Waals surface area contributed by atoms with E-state index in [4.69, 9.17) is 0 Å². The molecule has 2 heterocycles. The second kappa shape index (κ2) is 6.95. The number of aromatic nitrogens is 2. The van der Waals surface area contributed by atoms with E-state index >= 15 is 0 Å². The third-order valence-corrected chi connectivity index (χ3v) is 5.54. The van der Waals surface area contributed by atoms with Crippen LogP contribution < -0.4 is 0 Å². The summed E-state index contributed by atoms with van der Waals surface area (Å²) in [6.45, 7) is 4.61. The number of carbonyl (C=O) groups is 2.